The Labute approximate surface area is 323 Å². The van der Waals surface area contributed by atoms with Crippen molar-refractivity contribution in [2.45, 2.75) is 259 Å². The van der Waals surface area contributed by atoms with E-state index >= 15 is 0 Å². The Morgan fingerprint density at radius 3 is 0.942 bits per heavy atom. The van der Waals surface area contributed by atoms with Crippen molar-refractivity contribution in [2.24, 2.45) is 5.92 Å². The molecule has 0 aromatic carbocycles. The first-order valence-corrected chi connectivity index (χ1v) is 22.9. The Balaban J connectivity index is 4.27. The lowest BCUT2D eigenvalue weighted by Crippen LogP contribution is -2.30. The summed E-state index contributed by atoms with van der Waals surface area (Å²) in [7, 11) is 0. The van der Waals surface area contributed by atoms with Gasteiger partial charge in [0.1, 0.15) is 13.2 Å². The SMILES string of the molecule is CCCCCCCCCCCCCCCCCCC(=O)O[C@H](COC(=O)CCCCCCCCCCC)COC(=O)CCCCCCCCC(C)C. The van der Waals surface area contributed by atoms with Crippen molar-refractivity contribution in [3.63, 3.8) is 0 Å². The minimum atomic E-state index is -0.759. The van der Waals surface area contributed by atoms with E-state index in [1.165, 1.54) is 148 Å². The first-order valence-electron chi connectivity index (χ1n) is 22.9. The van der Waals surface area contributed by atoms with Crippen molar-refractivity contribution in [3.05, 3.63) is 0 Å². The third-order valence-corrected chi connectivity index (χ3v) is 10.3. The highest BCUT2D eigenvalue weighted by Gasteiger charge is 2.19. The minimum Gasteiger partial charge on any atom is -0.462 e. The van der Waals surface area contributed by atoms with Crippen LogP contribution in [-0.4, -0.2) is 37.2 Å². The van der Waals surface area contributed by atoms with Gasteiger partial charge in [0, 0.05) is 19.3 Å². The molecule has 0 aromatic heterocycles. The molecule has 52 heavy (non-hydrogen) atoms. The van der Waals surface area contributed by atoms with Crippen LogP contribution in [0.25, 0.3) is 0 Å². The van der Waals surface area contributed by atoms with Crippen LogP contribution in [0.2, 0.25) is 0 Å². The van der Waals surface area contributed by atoms with E-state index in [1.807, 2.05) is 0 Å². The predicted octanol–water partition coefficient (Wildman–Crippen LogP) is 14.3. The quantitative estimate of drug-likeness (QED) is 0.0353. The highest BCUT2D eigenvalue weighted by atomic mass is 16.6. The molecule has 0 N–H and O–H groups in total. The second-order valence-corrected chi connectivity index (χ2v) is 16.2. The van der Waals surface area contributed by atoms with Crippen LogP contribution >= 0.6 is 0 Å². The molecule has 0 fully saturated rings. The van der Waals surface area contributed by atoms with E-state index in [-0.39, 0.29) is 31.1 Å². The molecule has 0 heterocycles. The molecule has 1 atom stereocenters. The molecular weight excluding hydrogens is 648 g/mol. The zero-order chi connectivity index (χ0) is 38.2. The van der Waals surface area contributed by atoms with E-state index in [4.69, 9.17) is 14.2 Å². The summed E-state index contributed by atoms with van der Waals surface area (Å²) >= 11 is 0. The molecule has 0 aliphatic heterocycles. The summed E-state index contributed by atoms with van der Waals surface area (Å²) in [6.07, 6.45) is 39.6. The van der Waals surface area contributed by atoms with E-state index in [9.17, 15) is 14.4 Å². The third kappa shape index (κ3) is 39.6. The molecule has 0 aromatic rings. The average Bonchev–Trinajstić information content (AvgIpc) is 3.12. The monoisotopic (exact) mass is 737 g/mol. The molecule has 0 aliphatic carbocycles. The van der Waals surface area contributed by atoms with Gasteiger partial charge < -0.3 is 14.2 Å². The summed E-state index contributed by atoms with van der Waals surface area (Å²) in [5.41, 5.74) is 0. The van der Waals surface area contributed by atoms with Crippen molar-refractivity contribution >= 4 is 17.9 Å². The maximum atomic E-state index is 12.7. The van der Waals surface area contributed by atoms with Crippen molar-refractivity contribution in [1.82, 2.24) is 0 Å². The fourth-order valence-corrected chi connectivity index (χ4v) is 6.80. The van der Waals surface area contributed by atoms with Gasteiger partial charge in [-0.1, -0.05) is 214 Å². The highest BCUT2D eigenvalue weighted by molar-refractivity contribution is 5.71. The molecular formula is C46H88O6. The van der Waals surface area contributed by atoms with Crippen LogP contribution in [0.1, 0.15) is 252 Å². The smallest absolute Gasteiger partial charge is 0.306 e. The van der Waals surface area contributed by atoms with Crippen molar-refractivity contribution < 1.29 is 28.6 Å². The van der Waals surface area contributed by atoms with Gasteiger partial charge in [0.15, 0.2) is 6.10 Å². The van der Waals surface area contributed by atoms with E-state index in [1.54, 1.807) is 0 Å². The van der Waals surface area contributed by atoms with Crippen LogP contribution in [0.5, 0.6) is 0 Å². The number of hydrogen-bond acceptors (Lipinski definition) is 6. The minimum absolute atomic E-state index is 0.0649. The van der Waals surface area contributed by atoms with Gasteiger partial charge in [-0.15, -0.1) is 0 Å². The topological polar surface area (TPSA) is 78.9 Å². The zero-order valence-corrected chi connectivity index (χ0v) is 35.3. The van der Waals surface area contributed by atoms with E-state index < -0.39 is 6.10 Å². The number of hydrogen-bond donors (Lipinski definition) is 0. The lowest BCUT2D eigenvalue weighted by molar-refractivity contribution is -0.167. The van der Waals surface area contributed by atoms with E-state index in [0.717, 1.165) is 63.7 Å². The zero-order valence-electron chi connectivity index (χ0n) is 35.3. The van der Waals surface area contributed by atoms with Crippen molar-refractivity contribution in [3.8, 4) is 0 Å². The summed E-state index contributed by atoms with van der Waals surface area (Å²) in [4.78, 5) is 37.6. The van der Waals surface area contributed by atoms with Crippen molar-refractivity contribution in [1.29, 1.82) is 0 Å². The Hall–Kier alpha value is -1.59. The van der Waals surface area contributed by atoms with Crippen LogP contribution in [0.4, 0.5) is 0 Å². The van der Waals surface area contributed by atoms with Gasteiger partial charge in [-0.3, -0.25) is 14.4 Å². The molecule has 0 saturated carbocycles. The van der Waals surface area contributed by atoms with Gasteiger partial charge in [-0.25, -0.2) is 0 Å². The molecule has 0 radical (unpaired) electrons. The molecule has 0 aliphatic rings. The predicted molar refractivity (Wildman–Crippen MR) is 220 cm³/mol. The van der Waals surface area contributed by atoms with E-state index in [0.29, 0.717) is 19.3 Å². The number of unbranched alkanes of at least 4 members (excludes halogenated alkanes) is 28. The average molecular weight is 737 g/mol. The molecule has 0 spiro atoms. The summed E-state index contributed by atoms with van der Waals surface area (Å²) in [6.45, 7) is 8.91. The Bertz CT molecular complexity index is 781. The van der Waals surface area contributed by atoms with Gasteiger partial charge in [-0.05, 0) is 25.2 Å². The Morgan fingerprint density at radius 2 is 0.635 bits per heavy atom. The number of ether oxygens (including phenoxy) is 3. The molecule has 0 amide bonds. The number of rotatable bonds is 41. The number of esters is 3. The second kappa shape index (κ2) is 40.6. The number of carbonyl (C=O) groups is 3. The van der Waals surface area contributed by atoms with Gasteiger partial charge in [0.2, 0.25) is 0 Å². The summed E-state index contributed by atoms with van der Waals surface area (Å²) in [5.74, 6) is -0.0973. The van der Waals surface area contributed by atoms with Crippen LogP contribution in [0, 0.1) is 5.92 Å². The fourth-order valence-electron chi connectivity index (χ4n) is 6.80. The van der Waals surface area contributed by atoms with Crippen LogP contribution in [0.3, 0.4) is 0 Å². The van der Waals surface area contributed by atoms with Crippen molar-refractivity contribution in [2.75, 3.05) is 13.2 Å². The maximum Gasteiger partial charge on any atom is 0.306 e. The second-order valence-electron chi connectivity index (χ2n) is 16.2. The fraction of sp³-hybridized carbons (Fsp3) is 0.935. The van der Waals surface area contributed by atoms with E-state index in [2.05, 4.69) is 27.7 Å². The molecule has 0 unspecified atom stereocenters. The summed E-state index contributed by atoms with van der Waals surface area (Å²) in [6, 6.07) is 0. The maximum absolute atomic E-state index is 12.7. The first kappa shape index (κ1) is 50.4. The summed E-state index contributed by atoms with van der Waals surface area (Å²) in [5, 5.41) is 0. The van der Waals surface area contributed by atoms with Crippen LogP contribution in [-0.2, 0) is 28.6 Å². The van der Waals surface area contributed by atoms with Gasteiger partial charge in [-0.2, -0.15) is 0 Å². The molecule has 6 heteroatoms. The largest absolute Gasteiger partial charge is 0.462 e. The summed E-state index contributed by atoms with van der Waals surface area (Å²) < 4.78 is 16.7. The van der Waals surface area contributed by atoms with Crippen LogP contribution < -0.4 is 0 Å². The third-order valence-electron chi connectivity index (χ3n) is 10.3. The van der Waals surface area contributed by atoms with Gasteiger partial charge in [0.25, 0.3) is 0 Å². The molecule has 0 rings (SSSR count). The standard InChI is InChI=1S/C46H88O6/c1-5-7-9-11-13-15-16-17-18-19-20-21-23-25-31-35-39-46(49)52-43(40-50-44(47)37-33-29-24-22-14-12-10-8-6-2)41-51-45(48)38-34-30-27-26-28-32-36-42(3)4/h42-43H,5-41H2,1-4H3/t43-/m1/s1. The highest BCUT2D eigenvalue weighted by Crippen LogP contribution is 2.16. The number of carbonyl (C=O) groups excluding carboxylic acids is 3. The van der Waals surface area contributed by atoms with Gasteiger partial charge in [0.05, 0.1) is 0 Å². The first-order chi connectivity index (χ1) is 25.4. The molecule has 0 saturated heterocycles. The molecule has 0 bridgehead atoms. The lowest BCUT2D eigenvalue weighted by Gasteiger charge is -2.18. The Kier molecular flexibility index (Phi) is 39.4. The normalized spacial score (nSPS) is 11.9. The Morgan fingerprint density at radius 1 is 0.365 bits per heavy atom. The lowest BCUT2D eigenvalue weighted by atomic mass is 10.0. The van der Waals surface area contributed by atoms with Crippen LogP contribution in [0.15, 0.2) is 0 Å². The molecule has 308 valence electrons. The molecule has 6 nitrogen and oxygen atoms in total. The van der Waals surface area contributed by atoms with Gasteiger partial charge >= 0.3 is 17.9 Å².